The van der Waals surface area contributed by atoms with Crippen molar-refractivity contribution in [1.82, 2.24) is 9.38 Å². The third-order valence-corrected chi connectivity index (χ3v) is 2.33. The van der Waals surface area contributed by atoms with Crippen LogP contribution in [0.25, 0.3) is 5.65 Å². The molecule has 0 aliphatic rings. The number of pyridine rings is 1. The van der Waals surface area contributed by atoms with Crippen LogP contribution in [0.3, 0.4) is 0 Å². The van der Waals surface area contributed by atoms with Gasteiger partial charge < -0.3 is 4.74 Å². The molecule has 0 saturated heterocycles. The fourth-order valence-corrected chi connectivity index (χ4v) is 1.53. The van der Waals surface area contributed by atoms with Crippen molar-refractivity contribution in [1.29, 1.82) is 0 Å². The van der Waals surface area contributed by atoms with Crippen LogP contribution in [0.2, 0.25) is 5.15 Å². The third-order valence-electron chi connectivity index (χ3n) is 2.06. The number of fused-ring (bicyclic) bond motifs is 1. The number of methoxy groups -OCH3 is 1. The highest BCUT2D eigenvalue weighted by Crippen LogP contribution is 2.22. The van der Waals surface area contributed by atoms with Gasteiger partial charge in [-0.15, -0.1) is 4.91 Å². The van der Waals surface area contributed by atoms with Crippen molar-refractivity contribution < 1.29 is 4.74 Å². The Bertz CT molecular complexity index is 623. The Kier molecular flexibility index (Phi) is 2.57. The predicted molar refractivity (Wildman–Crippen MR) is 58.5 cm³/mol. The van der Waals surface area contributed by atoms with Crippen LogP contribution in [0.1, 0.15) is 0 Å². The van der Waals surface area contributed by atoms with Gasteiger partial charge in [0.2, 0.25) is 5.69 Å². The standard InChI is InChI=1S/C9H6ClN3O3/c1-16-5-3-2-4-13-8(5)11-7(10)6(12-15)9(13)14/h2-4H,1H3. The monoisotopic (exact) mass is 239 g/mol. The summed E-state index contributed by atoms with van der Waals surface area (Å²) < 4.78 is 6.18. The molecule has 2 rings (SSSR count). The van der Waals surface area contributed by atoms with Crippen molar-refractivity contribution in [2.45, 2.75) is 0 Å². The molecule has 0 atom stereocenters. The van der Waals surface area contributed by atoms with Gasteiger partial charge in [0, 0.05) is 6.20 Å². The van der Waals surface area contributed by atoms with Gasteiger partial charge in [-0.25, -0.2) is 4.98 Å². The molecular weight excluding hydrogens is 234 g/mol. The van der Waals surface area contributed by atoms with Gasteiger partial charge in [0.05, 0.1) is 7.11 Å². The zero-order valence-corrected chi connectivity index (χ0v) is 8.93. The van der Waals surface area contributed by atoms with Gasteiger partial charge >= 0.3 is 0 Å². The summed E-state index contributed by atoms with van der Waals surface area (Å²) in [5.41, 5.74) is -0.788. The van der Waals surface area contributed by atoms with Crippen molar-refractivity contribution in [3.8, 4) is 5.75 Å². The Morgan fingerprint density at radius 2 is 2.31 bits per heavy atom. The normalized spacial score (nSPS) is 10.4. The number of aromatic nitrogens is 2. The lowest BCUT2D eigenvalue weighted by Gasteiger charge is -2.05. The maximum Gasteiger partial charge on any atom is 0.289 e. The zero-order valence-electron chi connectivity index (χ0n) is 8.18. The van der Waals surface area contributed by atoms with Gasteiger partial charge in [-0.2, -0.15) is 0 Å². The lowest BCUT2D eigenvalue weighted by atomic mass is 10.4. The molecule has 0 aliphatic carbocycles. The topological polar surface area (TPSA) is 73.0 Å². The number of ether oxygens (including phenoxy) is 1. The second-order valence-electron chi connectivity index (χ2n) is 2.92. The SMILES string of the molecule is COc1cccn2c(=O)c(N=O)c(Cl)nc12. The average molecular weight is 240 g/mol. The molecule has 0 aromatic carbocycles. The Labute approximate surface area is 94.4 Å². The van der Waals surface area contributed by atoms with Crippen molar-refractivity contribution in [2.75, 3.05) is 7.11 Å². The maximum absolute atomic E-state index is 11.7. The fourth-order valence-electron chi connectivity index (χ4n) is 1.34. The molecule has 2 aromatic heterocycles. The number of hydrogen-bond acceptors (Lipinski definition) is 5. The van der Waals surface area contributed by atoms with E-state index in [-0.39, 0.29) is 10.8 Å². The highest BCUT2D eigenvalue weighted by Gasteiger charge is 2.13. The van der Waals surface area contributed by atoms with E-state index in [1.165, 1.54) is 13.3 Å². The molecule has 0 unspecified atom stereocenters. The first kappa shape index (κ1) is 10.6. The van der Waals surface area contributed by atoms with Gasteiger partial charge in [0.1, 0.15) is 0 Å². The quantitative estimate of drug-likeness (QED) is 0.591. The molecule has 0 radical (unpaired) electrons. The second kappa shape index (κ2) is 3.90. The van der Waals surface area contributed by atoms with E-state index < -0.39 is 11.2 Å². The first-order valence-electron chi connectivity index (χ1n) is 4.27. The van der Waals surface area contributed by atoms with Gasteiger partial charge in [0.15, 0.2) is 16.5 Å². The molecular formula is C9H6ClN3O3. The fraction of sp³-hybridized carbons (Fsp3) is 0.111. The maximum atomic E-state index is 11.7. The number of halogens is 1. The van der Waals surface area contributed by atoms with E-state index in [9.17, 15) is 9.70 Å². The van der Waals surface area contributed by atoms with Crippen LogP contribution in [-0.4, -0.2) is 16.5 Å². The minimum atomic E-state index is -0.621. The molecule has 2 aromatic rings. The molecule has 6 nitrogen and oxygen atoms in total. The second-order valence-corrected chi connectivity index (χ2v) is 3.28. The molecule has 0 amide bonds. The molecule has 16 heavy (non-hydrogen) atoms. The van der Waals surface area contributed by atoms with E-state index in [0.717, 1.165) is 4.40 Å². The van der Waals surface area contributed by atoms with Crippen LogP contribution < -0.4 is 10.3 Å². The summed E-state index contributed by atoms with van der Waals surface area (Å²) in [6.07, 6.45) is 1.46. The van der Waals surface area contributed by atoms with Crippen molar-refractivity contribution >= 4 is 22.9 Å². The minimum absolute atomic E-state index is 0.232. The van der Waals surface area contributed by atoms with Crippen LogP contribution in [-0.2, 0) is 0 Å². The summed E-state index contributed by atoms with van der Waals surface area (Å²) in [5.74, 6) is 0.388. The van der Waals surface area contributed by atoms with Crippen LogP contribution >= 0.6 is 11.6 Å². The van der Waals surface area contributed by atoms with Crippen LogP contribution in [0.15, 0.2) is 28.3 Å². The number of nitrogens with zero attached hydrogens (tertiary/aromatic N) is 3. The lowest BCUT2D eigenvalue weighted by Crippen LogP contribution is -2.15. The molecule has 0 bridgehead atoms. The third kappa shape index (κ3) is 1.43. The summed E-state index contributed by atoms with van der Waals surface area (Å²) in [6, 6.07) is 3.23. The van der Waals surface area contributed by atoms with Gasteiger partial charge in [-0.1, -0.05) is 11.6 Å². The van der Waals surface area contributed by atoms with Crippen molar-refractivity contribution in [3.05, 3.63) is 38.7 Å². The Balaban J connectivity index is 2.97. The highest BCUT2D eigenvalue weighted by atomic mass is 35.5. The first-order chi connectivity index (χ1) is 7.69. The number of rotatable bonds is 2. The van der Waals surface area contributed by atoms with E-state index in [1.807, 2.05) is 0 Å². The van der Waals surface area contributed by atoms with Crippen LogP contribution in [0.4, 0.5) is 5.69 Å². The smallest absolute Gasteiger partial charge is 0.289 e. The summed E-state index contributed by atoms with van der Waals surface area (Å²) in [6.45, 7) is 0. The first-order valence-corrected chi connectivity index (χ1v) is 4.65. The highest BCUT2D eigenvalue weighted by molar-refractivity contribution is 6.31. The van der Waals surface area contributed by atoms with E-state index in [2.05, 4.69) is 10.2 Å². The molecule has 0 N–H and O–H groups in total. The van der Waals surface area contributed by atoms with Gasteiger partial charge in [-0.05, 0) is 17.3 Å². The van der Waals surface area contributed by atoms with Gasteiger partial charge in [-0.3, -0.25) is 9.20 Å². The summed E-state index contributed by atoms with van der Waals surface area (Å²) in [7, 11) is 1.45. The van der Waals surface area contributed by atoms with Crippen LogP contribution in [0.5, 0.6) is 5.75 Å². The Morgan fingerprint density at radius 1 is 1.56 bits per heavy atom. The van der Waals surface area contributed by atoms with Crippen LogP contribution in [0, 0.1) is 4.91 Å². The molecule has 0 spiro atoms. The minimum Gasteiger partial charge on any atom is -0.493 e. The Hall–Kier alpha value is -1.95. The molecule has 7 heteroatoms. The molecule has 2 heterocycles. The van der Waals surface area contributed by atoms with E-state index in [1.54, 1.807) is 12.1 Å². The zero-order chi connectivity index (χ0) is 11.7. The predicted octanol–water partition coefficient (Wildman–Crippen LogP) is 1.75. The molecule has 82 valence electrons. The average Bonchev–Trinajstić information content (AvgIpc) is 2.29. The number of nitroso groups, excluding NO2 is 1. The van der Waals surface area contributed by atoms with E-state index >= 15 is 0 Å². The summed E-state index contributed by atoms with van der Waals surface area (Å²) in [4.78, 5) is 26.1. The largest absolute Gasteiger partial charge is 0.493 e. The Morgan fingerprint density at radius 3 is 2.94 bits per heavy atom. The van der Waals surface area contributed by atoms with E-state index in [0.29, 0.717) is 5.75 Å². The van der Waals surface area contributed by atoms with Crippen molar-refractivity contribution in [2.24, 2.45) is 5.18 Å². The summed E-state index contributed by atoms with van der Waals surface area (Å²) >= 11 is 5.66. The number of hydrogen-bond donors (Lipinski definition) is 0. The summed E-state index contributed by atoms with van der Waals surface area (Å²) in [5, 5.41) is 2.32. The molecule has 0 aliphatic heterocycles. The molecule has 0 fully saturated rings. The molecule has 0 saturated carbocycles. The lowest BCUT2D eigenvalue weighted by molar-refractivity contribution is 0.416. The van der Waals surface area contributed by atoms with E-state index in [4.69, 9.17) is 16.3 Å². The van der Waals surface area contributed by atoms with Crippen molar-refractivity contribution in [3.63, 3.8) is 0 Å². The van der Waals surface area contributed by atoms with Gasteiger partial charge in [0.25, 0.3) is 5.56 Å².